The van der Waals surface area contributed by atoms with E-state index in [1.165, 1.54) is 88.1 Å². The lowest BCUT2D eigenvalue weighted by Crippen LogP contribution is -2.47. The van der Waals surface area contributed by atoms with Crippen molar-refractivity contribution in [2.45, 2.75) is 114 Å². The fourth-order valence-corrected chi connectivity index (χ4v) is 8.46. The maximum atomic E-state index is 14.6. The second kappa shape index (κ2) is 17.6. The van der Waals surface area contributed by atoms with E-state index in [1.54, 1.807) is 0 Å². The summed E-state index contributed by atoms with van der Waals surface area (Å²) in [7, 11) is 0. The predicted molar refractivity (Wildman–Crippen MR) is 204 cm³/mol. The van der Waals surface area contributed by atoms with Crippen LogP contribution in [0.3, 0.4) is 0 Å². The number of aromatic nitrogens is 3. The highest BCUT2D eigenvalue weighted by Crippen LogP contribution is 2.37. The topological polar surface area (TPSA) is 94.9 Å². The number of hydrogen-bond acceptors (Lipinski definition) is 7. The van der Waals surface area contributed by atoms with Crippen molar-refractivity contribution in [2.75, 3.05) is 36.4 Å². The zero-order chi connectivity index (χ0) is 36.6. The van der Waals surface area contributed by atoms with E-state index >= 15 is 0 Å². The van der Waals surface area contributed by atoms with Gasteiger partial charge in [0.25, 0.3) is 0 Å². The molecule has 11 heteroatoms. The summed E-state index contributed by atoms with van der Waals surface area (Å²) in [5.74, 6) is 0.163. The van der Waals surface area contributed by atoms with Crippen molar-refractivity contribution in [3.05, 3.63) is 89.2 Å². The van der Waals surface area contributed by atoms with E-state index in [9.17, 15) is 18.4 Å². The van der Waals surface area contributed by atoms with Crippen LogP contribution in [0.25, 0.3) is 5.65 Å². The van der Waals surface area contributed by atoms with Crippen molar-refractivity contribution in [3.63, 3.8) is 0 Å². The maximum absolute atomic E-state index is 14.6. The van der Waals surface area contributed by atoms with Gasteiger partial charge in [0.1, 0.15) is 23.5 Å². The Kier molecular flexibility index (Phi) is 12.3. The molecule has 53 heavy (non-hydrogen) atoms. The third-order valence-electron chi connectivity index (χ3n) is 11.5. The Balaban J connectivity index is 0.751. The molecule has 0 aliphatic carbocycles. The van der Waals surface area contributed by atoms with Crippen molar-refractivity contribution in [1.29, 1.82) is 0 Å². The highest BCUT2D eigenvalue weighted by molar-refractivity contribution is 6.01. The summed E-state index contributed by atoms with van der Waals surface area (Å²) in [6, 6.07) is 13.6. The Bertz CT molecular complexity index is 1840. The van der Waals surface area contributed by atoms with Crippen LogP contribution < -0.4 is 15.5 Å². The number of imide groups is 1. The van der Waals surface area contributed by atoms with Gasteiger partial charge in [0.05, 0.1) is 12.2 Å². The van der Waals surface area contributed by atoms with Crippen LogP contribution in [0.1, 0.15) is 119 Å². The van der Waals surface area contributed by atoms with Crippen LogP contribution >= 0.6 is 0 Å². The van der Waals surface area contributed by atoms with E-state index in [0.717, 1.165) is 68.0 Å². The first-order valence-corrected chi connectivity index (χ1v) is 19.9. The molecule has 0 saturated carbocycles. The fourth-order valence-electron chi connectivity index (χ4n) is 8.46. The average molecular weight is 726 g/mol. The van der Waals surface area contributed by atoms with E-state index in [-0.39, 0.29) is 29.7 Å². The molecule has 0 bridgehead atoms. The Labute approximate surface area is 311 Å². The SMILES string of the molecule is O=C1CCC(Nc2ccc(C3CCN(CCCCCCCCCCc4cnn5ccc(N6CCCC6c6cc(F)ccc6F)nc45)CC3)cc2)C(=O)N1. The third-order valence-corrected chi connectivity index (χ3v) is 11.5. The molecule has 3 aliphatic rings. The van der Waals surface area contributed by atoms with Gasteiger partial charge in [-0.25, -0.2) is 18.3 Å². The van der Waals surface area contributed by atoms with Crippen molar-refractivity contribution in [3.8, 4) is 0 Å². The van der Waals surface area contributed by atoms with Gasteiger partial charge in [0, 0.05) is 36.0 Å². The number of amides is 2. The van der Waals surface area contributed by atoms with Gasteiger partial charge in [-0.2, -0.15) is 5.10 Å². The molecule has 0 spiro atoms. The van der Waals surface area contributed by atoms with Gasteiger partial charge >= 0.3 is 0 Å². The van der Waals surface area contributed by atoms with Gasteiger partial charge in [-0.05, 0) is 119 Å². The van der Waals surface area contributed by atoms with Crippen LogP contribution in [0.15, 0.2) is 60.9 Å². The van der Waals surface area contributed by atoms with Crippen LogP contribution in [0.2, 0.25) is 0 Å². The van der Waals surface area contributed by atoms with Gasteiger partial charge in [0.2, 0.25) is 11.8 Å². The molecule has 2 aromatic heterocycles. The summed E-state index contributed by atoms with van der Waals surface area (Å²) in [6.45, 7) is 4.26. The van der Waals surface area contributed by atoms with Gasteiger partial charge in [0.15, 0.2) is 5.65 Å². The monoisotopic (exact) mass is 725 g/mol. The number of benzene rings is 2. The standard InChI is InChI=1S/C42H53F2N7O2/c43-33-14-17-36(44)35(28-33)38-11-9-24-50(38)39-22-27-51-41(47-39)32(29-45-51)10-7-5-3-1-2-4-6-8-23-49-25-20-31(21-26-49)30-12-15-34(16-13-30)46-37-18-19-40(52)48-42(37)53/h12-17,22,27-29,31,37-38,46H,1-11,18-21,23-26H2,(H,48,52,53). The number of hydrogen-bond donors (Lipinski definition) is 2. The minimum absolute atomic E-state index is 0.191. The number of halogens is 2. The number of aryl methyl sites for hydroxylation is 1. The van der Waals surface area contributed by atoms with Crippen molar-refractivity contribution >= 4 is 29.0 Å². The molecule has 3 fully saturated rings. The molecule has 4 aromatic rings. The Morgan fingerprint density at radius 1 is 0.830 bits per heavy atom. The summed E-state index contributed by atoms with van der Waals surface area (Å²) in [5, 5.41) is 10.2. The number of anilines is 2. The molecule has 2 unspecified atom stereocenters. The number of carbonyl (C=O) groups is 2. The number of piperidine rings is 2. The lowest BCUT2D eigenvalue weighted by atomic mass is 9.89. The quantitative estimate of drug-likeness (QED) is 0.0891. The predicted octanol–water partition coefficient (Wildman–Crippen LogP) is 8.11. The summed E-state index contributed by atoms with van der Waals surface area (Å²) < 4.78 is 30.4. The Morgan fingerprint density at radius 2 is 1.58 bits per heavy atom. The molecule has 282 valence electrons. The number of nitrogens with zero attached hydrogens (tertiary/aromatic N) is 5. The first-order chi connectivity index (χ1) is 25.9. The number of likely N-dealkylation sites (tertiary alicyclic amines) is 1. The minimum Gasteiger partial charge on any atom is -0.374 e. The van der Waals surface area contributed by atoms with E-state index in [0.29, 0.717) is 24.3 Å². The van der Waals surface area contributed by atoms with Crippen molar-refractivity contribution in [1.82, 2.24) is 24.8 Å². The smallest absolute Gasteiger partial charge is 0.249 e. The van der Waals surface area contributed by atoms with Gasteiger partial charge in [-0.3, -0.25) is 14.9 Å². The Morgan fingerprint density at radius 3 is 2.36 bits per heavy atom. The molecule has 5 heterocycles. The normalized spacial score (nSPS) is 20.0. The van der Waals surface area contributed by atoms with E-state index in [4.69, 9.17) is 4.98 Å². The first-order valence-electron chi connectivity index (χ1n) is 19.9. The molecule has 7 rings (SSSR count). The van der Waals surface area contributed by atoms with Crippen LogP contribution in [0.5, 0.6) is 0 Å². The highest BCUT2D eigenvalue weighted by Gasteiger charge is 2.30. The summed E-state index contributed by atoms with van der Waals surface area (Å²) in [6.07, 6.45) is 19.7. The molecule has 2 N–H and O–H groups in total. The molecule has 3 saturated heterocycles. The van der Waals surface area contributed by atoms with E-state index in [2.05, 4.69) is 49.8 Å². The largest absolute Gasteiger partial charge is 0.374 e. The molecular weight excluding hydrogens is 673 g/mol. The fraction of sp³-hybridized carbons (Fsp3) is 0.524. The highest BCUT2D eigenvalue weighted by atomic mass is 19.1. The number of carbonyl (C=O) groups excluding carboxylic acids is 2. The molecule has 2 aromatic carbocycles. The number of rotatable bonds is 16. The molecule has 2 atom stereocenters. The van der Waals surface area contributed by atoms with Gasteiger partial charge in [-0.1, -0.05) is 50.7 Å². The molecule has 2 amide bonds. The Hall–Kier alpha value is -4.38. The van der Waals surface area contributed by atoms with Gasteiger partial charge in [-0.15, -0.1) is 0 Å². The second-order valence-corrected chi connectivity index (χ2v) is 15.2. The number of fused-ring (bicyclic) bond motifs is 1. The minimum atomic E-state index is -0.414. The molecule has 9 nitrogen and oxygen atoms in total. The summed E-state index contributed by atoms with van der Waals surface area (Å²) >= 11 is 0. The summed E-state index contributed by atoms with van der Waals surface area (Å²) in [5.41, 5.74) is 4.69. The lowest BCUT2D eigenvalue weighted by Gasteiger charge is -2.32. The first kappa shape index (κ1) is 37.0. The van der Waals surface area contributed by atoms with Crippen molar-refractivity contribution in [2.24, 2.45) is 0 Å². The number of unbranched alkanes of at least 4 members (excludes halogenated alkanes) is 7. The zero-order valence-electron chi connectivity index (χ0n) is 30.7. The second-order valence-electron chi connectivity index (χ2n) is 15.2. The molecule has 3 aliphatic heterocycles. The van der Waals surface area contributed by atoms with Crippen LogP contribution in [-0.2, 0) is 16.0 Å². The maximum Gasteiger partial charge on any atom is 0.249 e. The number of nitrogens with one attached hydrogen (secondary N) is 2. The van der Waals surface area contributed by atoms with Crippen molar-refractivity contribution < 1.29 is 18.4 Å². The van der Waals surface area contributed by atoms with Crippen LogP contribution in [0.4, 0.5) is 20.3 Å². The average Bonchev–Trinajstić information content (AvgIpc) is 3.82. The summed E-state index contributed by atoms with van der Waals surface area (Å²) in [4.78, 5) is 33.2. The molecular formula is C42H53F2N7O2. The molecule has 0 radical (unpaired) electrons. The van der Waals surface area contributed by atoms with Gasteiger partial charge < -0.3 is 15.1 Å². The third kappa shape index (κ3) is 9.41. The van der Waals surface area contributed by atoms with E-state index in [1.807, 2.05) is 23.0 Å². The van der Waals surface area contributed by atoms with E-state index < -0.39 is 5.82 Å². The lowest BCUT2D eigenvalue weighted by molar-refractivity contribution is -0.133. The van der Waals surface area contributed by atoms with Crippen LogP contribution in [-0.4, -0.2) is 63.5 Å². The zero-order valence-corrected chi connectivity index (χ0v) is 30.7. The van der Waals surface area contributed by atoms with Crippen LogP contribution in [0, 0.1) is 11.6 Å².